The number of aliphatic hydroxyl groups excluding tert-OH is 1. The number of aliphatic hydroxyl groups is 1. The first-order chi connectivity index (χ1) is 11.6. The van der Waals surface area contributed by atoms with Gasteiger partial charge in [0.1, 0.15) is 0 Å². The Morgan fingerprint density at radius 3 is 2.88 bits per heavy atom. The zero-order chi connectivity index (χ0) is 17.4. The van der Waals surface area contributed by atoms with Crippen LogP contribution in [-0.4, -0.2) is 78.5 Å². The summed E-state index contributed by atoms with van der Waals surface area (Å²) in [5.74, 6) is 0. The highest BCUT2D eigenvalue weighted by Gasteiger charge is 2.22. The maximum absolute atomic E-state index is 12.2. The highest BCUT2D eigenvalue weighted by Crippen LogP contribution is 2.13. The largest absolute Gasteiger partial charge is 0.389 e. The first-order valence-electron chi connectivity index (χ1n) is 8.39. The zero-order valence-corrected chi connectivity index (χ0v) is 14.5. The number of aromatic nitrogens is 1. The third-order valence-electron chi connectivity index (χ3n) is 4.22. The predicted molar refractivity (Wildman–Crippen MR) is 91.6 cm³/mol. The summed E-state index contributed by atoms with van der Waals surface area (Å²) in [7, 11) is 3.21. The van der Waals surface area contributed by atoms with Crippen molar-refractivity contribution < 1.29 is 14.6 Å². The Labute approximate surface area is 143 Å². The van der Waals surface area contributed by atoms with Crippen molar-refractivity contribution in [3.8, 4) is 0 Å². The SMILES string of the molecule is COC[C@H](O)CN(C)C(=O)NC1CCN(Cc2ccccn2)CC1. The van der Waals surface area contributed by atoms with Crippen molar-refractivity contribution in [1.29, 1.82) is 0 Å². The zero-order valence-electron chi connectivity index (χ0n) is 14.5. The van der Waals surface area contributed by atoms with Gasteiger partial charge in [-0.05, 0) is 25.0 Å². The van der Waals surface area contributed by atoms with Gasteiger partial charge in [0.15, 0.2) is 0 Å². The van der Waals surface area contributed by atoms with Crippen molar-refractivity contribution in [1.82, 2.24) is 20.1 Å². The van der Waals surface area contributed by atoms with Gasteiger partial charge in [-0.25, -0.2) is 4.79 Å². The number of hydrogen-bond donors (Lipinski definition) is 2. The second-order valence-corrected chi connectivity index (χ2v) is 6.31. The number of likely N-dealkylation sites (N-methyl/N-ethyl adjacent to an activating group) is 1. The molecule has 1 saturated heterocycles. The summed E-state index contributed by atoms with van der Waals surface area (Å²) < 4.78 is 4.88. The Bertz CT molecular complexity index is 492. The number of urea groups is 1. The van der Waals surface area contributed by atoms with Crippen molar-refractivity contribution in [3.63, 3.8) is 0 Å². The number of carbonyl (C=O) groups excluding carboxylic acids is 1. The molecule has 2 rings (SSSR count). The highest BCUT2D eigenvalue weighted by molar-refractivity contribution is 5.74. The van der Waals surface area contributed by atoms with E-state index in [1.54, 1.807) is 7.05 Å². The molecule has 1 aliphatic heterocycles. The third kappa shape index (κ3) is 6.07. The molecule has 1 atom stereocenters. The molecular formula is C17H28N4O3. The number of ether oxygens (including phenoxy) is 1. The second-order valence-electron chi connectivity index (χ2n) is 6.31. The molecule has 134 valence electrons. The lowest BCUT2D eigenvalue weighted by atomic mass is 10.0. The molecule has 1 aromatic rings. The number of rotatable bonds is 7. The number of piperidine rings is 1. The number of nitrogens with zero attached hydrogens (tertiary/aromatic N) is 3. The molecule has 1 aliphatic rings. The van der Waals surface area contributed by atoms with E-state index in [0.29, 0.717) is 0 Å². The minimum atomic E-state index is -0.661. The fourth-order valence-corrected chi connectivity index (χ4v) is 2.89. The number of hydrogen-bond acceptors (Lipinski definition) is 5. The lowest BCUT2D eigenvalue weighted by Gasteiger charge is -2.33. The average molecular weight is 336 g/mol. The van der Waals surface area contributed by atoms with Gasteiger partial charge in [-0.3, -0.25) is 9.88 Å². The Hall–Kier alpha value is -1.70. The van der Waals surface area contributed by atoms with Gasteiger partial charge >= 0.3 is 6.03 Å². The van der Waals surface area contributed by atoms with E-state index in [4.69, 9.17) is 4.74 Å². The molecule has 0 aromatic carbocycles. The van der Waals surface area contributed by atoms with Crippen LogP contribution >= 0.6 is 0 Å². The standard InChI is InChI=1S/C17H28N4O3/c1-20(12-16(22)13-24-2)17(23)19-14-6-9-21(10-7-14)11-15-5-3-4-8-18-15/h3-5,8,14,16,22H,6-7,9-13H2,1-2H3,(H,19,23)/t16-/m1/s1. The van der Waals surface area contributed by atoms with Crippen LogP contribution in [0, 0.1) is 0 Å². The minimum absolute atomic E-state index is 0.145. The molecule has 7 heteroatoms. The summed E-state index contributed by atoms with van der Waals surface area (Å²) >= 11 is 0. The fourth-order valence-electron chi connectivity index (χ4n) is 2.89. The summed E-state index contributed by atoms with van der Waals surface area (Å²) in [6.07, 6.45) is 3.00. The molecule has 0 bridgehead atoms. The molecule has 2 amide bonds. The Morgan fingerprint density at radius 2 is 2.25 bits per heavy atom. The molecule has 0 radical (unpaired) electrons. The van der Waals surface area contributed by atoms with E-state index in [1.807, 2.05) is 24.4 Å². The van der Waals surface area contributed by atoms with Crippen LogP contribution in [0.4, 0.5) is 4.79 Å². The second kappa shape index (κ2) is 9.56. The molecule has 7 nitrogen and oxygen atoms in total. The molecule has 0 saturated carbocycles. The highest BCUT2D eigenvalue weighted by atomic mass is 16.5. The number of amides is 2. The van der Waals surface area contributed by atoms with Crippen LogP contribution < -0.4 is 5.32 Å². The van der Waals surface area contributed by atoms with E-state index in [1.165, 1.54) is 12.0 Å². The van der Waals surface area contributed by atoms with Crippen molar-refractivity contribution >= 4 is 6.03 Å². The minimum Gasteiger partial charge on any atom is -0.389 e. The van der Waals surface area contributed by atoms with Gasteiger partial charge in [0.05, 0.1) is 24.9 Å². The molecule has 1 fully saturated rings. The van der Waals surface area contributed by atoms with Gasteiger partial charge in [0, 0.05) is 46.0 Å². The van der Waals surface area contributed by atoms with Gasteiger partial charge in [0.2, 0.25) is 0 Å². The van der Waals surface area contributed by atoms with Crippen LogP contribution in [-0.2, 0) is 11.3 Å². The first-order valence-corrected chi connectivity index (χ1v) is 8.39. The maximum Gasteiger partial charge on any atom is 0.317 e. The van der Waals surface area contributed by atoms with E-state index in [-0.39, 0.29) is 25.2 Å². The Balaban J connectivity index is 1.69. The van der Waals surface area contributed by atoms with Gasteiger partial charge < -0.3 is 20.1 Å². The monoisotopic (exact) mass is 336 g/mol. The van der Waals surface area contributed by atoms with Crippen LogP contribution in [0.1, 0.15) is 18.5 Å². The number of pyridine rings is 1. The van der Waals surface area contributed by atoms with Crippen LogP contribution in [0.2, 0.25) is 0 Å². The van der Waals surface area contributed by atoms with E-state index in [2.05, 4.69) is 15.2 Å². The van der Waals surface area contributed by atoms with Crippen LogP contribution in [0.25, 0.3) is 0 Å². The molecule has 0 unspecified atom stereocenters. The van der Waals surface area contributed by atoms with E-state index >= 15 is 0 Å². The van der Waals surface area contributed by atoms with E-state index in [9.17, 15) is 9.90 Å². The number of likely N-dealkylation sites (tertiary alicyclic amines) is 1. The normalized spacial score (nSPS) is 17.5. The first kappa shape index (κ1) is 18.6. The quantitative estimate of drug-likeness (QED) is 0.766. The Kier molecular flexibility index (Phi) is 7.42. The van der Waals surface area contributed by atoms with Crippen LogP contribution in [0.15, 0.2) is 24.4 Å². The van der Waals surface area contributed by atoms with Gasteiger partial charge in [-0.15, -0.1) is 0 Å². The van der Waals surface area contributed by atoms with Gasteiger partial charge in [-0.1, -0.05) is 6.07 Å². The lowest BCUT2D eigenvalue weighted by Crippen LogP contribution is -2.49. The Morgan fingerprint density at radius 1 is 1.50 bits per heavy atom. The third-order valence-corrected chi connectivity index (χ3v) is 4.22. The molecule has 2 heterocycles. The molecule has 24 heavy (non-hydrogen) atoms. The van der Waals surface area contributed by atoms with Crippen LogP contribution in [0.3, 0.4) is 0 Å². The number of methoxy groups -OCH3 is 1. The number of carbonyl (C=O) groups is 1. The summed E-state index contributed by atoms with van der Waals surface area (Å²) in [4.78, 5) is 20.4. The van der Waals surface area contributed by atoms with Crippen molar-refractivity contribution in [3.05, 3.63) is 30.1 Å². The molecule has 1 aromatic heterocycles. The summed E-state index contributed by atoms with van der Waals surface area (Å²) in [6, 6.07) is 6.00. The predicted octanol–water partition coefficient (Wildman–Crippen LogP) is 0.695. The van der Waals surface area contributed by atoms with E-state index in [0.717, 1.165) is 38.2 Å². The van der Waals surface area contributed by atoms with E-state index < -0.39 is 6.10 Å². The smallest absolute Gasteiger partial charge is 0.317 e. The molecule has 0 aliphatic carbocycles. The molecule has 2 N–H and O–H groups in total. The maximum atomic E-state index is 12.2. The summed E-state index contributed by atoms with van der Waals surface area (Å²) in [5.41, 5.74) is 1.08. The summed E-state index contributed by atoms with van der Waals surface area (Å²) in [6.45, 7) is 3.22. The summed E-state index contributed by atoms with van der Waals surface area (Å²) in [5, 5.41) is 12.7. The van der Waals surface area contributed by atoms with Crippen LogP contribution in [0.5, 0.6) is 0 Å². The average Bonchev–Trinajstić information content (AvgIpc) is 2.57. The molecule has 0 spiro atoms. The van der Waals surface area contributed by atoms with Crippen molar-refractivity contribution in [2.45, 2.75) is 31.5 Å². The van der Waals surface area contributed by atoms with Crippen molar-refractivity contribution in [2.75, 3.05) is 40.4 Å². The molecular weight excluding hydrogens is 308 g/mol. The lowest BCUT2D eigenvalue weighted by molar-refractivity contribution is 0.0484. The number of nitrogens with one attached hydrogen (secondary N) is 1. The topological polar surface area (TPSA) is 77.9 Å². The van der Waals surface area contributed by atoms with Gasteiger partial charge in [-0.2, -0.15) is 0 Å². The van der Waals surface area contributed by atoms with Gasteiger partial charge in [0.25, 0.3) is 0 Å². The fraction of sp³-hybridized carbons (Fsp3) is 0.647. The van der Waals surface area contributed by atoms with Crippen molar-refractivity contribution in [2.24, 2.45) is 0 Å².